The zero-order valence-electron chi connectivity index (χ0n) is 14.5. The minimum absolute atomic E-state index is 0.125. The van der Waals surface area contributed by atoms with E-state index in [9.17, 15) is 19.8 Å². The summed E-state index contributed by atoms with van der Waals surface area (Å²) in [5.74, 6) is 0.173. The van der Waals surface area contributed by atoms with Crippen molar-refractivity contribution in [3.63, 3.8) is 0 Å². The molecule has 4 heterocycles. The highest BCUT2D eigenvalue weighted by Gasteiger charge is 2.55. The number of carbonyl (C=O) groups excluding carboxylic acids is 1. The zero-order chi connectivity index (χ0) is 19.3. The molecule has 0 radical (unpaired) electrons. The molecule has 3 atom stereocenters. The molecule has 2 unspecified atom stereocenters. The molecular formula is C15H20N6O4S2. The Bertz CT molecular complexity index is 786. The average Bonchev–Trinajstić information content (AvgIpc) is 3.04. The van der Waals surface area contributed by atoms with Crippen molar-refractivity contribution >= 4 is 41.1 Å². The maximum absolute atomic E-state index is 12.1. The van der Waals surface area contributed by atoms with Crippen LogP contribution in [-0.4, -0.2) is 85.8 Å². The van der Waals surface area contributed by atoms with Crippen molar-refractivity contribution in [2.75, 3.05) is 31.7 Å². The first-order valence-electron chi connectivity index (χ1n) is 8.30. The van der Waals surface area contributed by atoms with Gasteiger partial charge in [-0.25, -0.2) is 10.0 Å². The van der Waals surface area contributed by atoms with Gasteiger partial charge in [0.05, 0.1) is 23.5 Å². The second-order valence-electron chi connectivity index (χ2n) is 6.85. The highest BCUT2D eigenvalue weighted by atomic mass is 32.2. The van der Waals surface area contributed by atoms with Crippen LogP contribution in [0.4, 0.5) is 0 Å². The molecule has 1 amide bonds. The molecule has 146 valence electrons. The summed E-state index contributed by atoms with van der Waals surface area (Å²) in [5, 5.41) is 23.4. The number of nitrogens with zero attached hydrogens (tertiary/aromatic N) is 4. The summed E-state index contributed by atoms with van der Waals surface area (Å²) < 4.78 is 0. The van der Waals surface area contributed by atoms with E-state index in [1.54, 1.807) is 27.2 Å². The number of aliphatic hydroxyl groups excluding tert-OH is 1. The summed E-state index contributed by atoms with van der Waals surface area (Å²) in [6, 6.07) is -0.532. The van der Waals surface area contributed by atoms with Gasteiger partial charge in [0.2, 0.25) is 5.91 Å². The van der Waals surface area contributed by atoms with Crippen LogP contribution in [0.25, 0.3) is 0 Å². The SMILES string of the molecule is CN1C=C2N=C(CO)C=C(SCC3(C(=O)O)CS[C@@H]4C(N)C(=O)N4C3)N2N1. The number of carbonyl (C=O) groups is 2. The molecular weight excluding hydrogens is 392 g/mol. The summed E-state index contributed by atoms with van der Waals surface area (Å²) in [4.78, 5) is 30.0. The first kappa shape index (κ1) is 18.6. The van der Waals surface area contributed by atoms with E-state index in [2.05, 4.69) is 10.5 Å². The number of aliphatic hydroxyl groups is 1. The van der Waals surface area contributed by atoms with E-state index in [1.165, 1.54) is 23.5 Å². The Kier molecular flexibility index (Phi) is 4.63. The number of rotatable bonds is 5. The number of carboxylic acid groups (broad SMARTS) is 1. The molecule has 4 aliphatic rings. The van der Waals surface area contributed by atoms with Crippen LogP contribution in [0.3, 0.4) is 0 Å². The van der Waals surface area contributed by atoms with Gasteiger partial charge in [0.1, 0.15) is 16.8 Å². The van der Waals surface area contributed by atoms with E-state index in [4.69, 9.17) is 5.73 Å². The van der Waals surface area contributed by atoms with Crippen LogP contribution in [-0.2, 0) is 9.59 Å². The molecule has 2 saturated heterocycles. The molecule has 4 rings (SSSR count). The summed E-state index contributed by atoms with van der Waals surface area (Å²) >= 11 is 2.79. The molecule has 0 spiro atoms. The largest absolute Gasteiger partial charge is 0.481 e. The molecule has 0 aromatic rings. The van der Waals surface area contributed by atoms with E-state index >= 15 is 0 Å². The lowest BCUT2D eigenvalue weighted by Crippen LogP contribution is -2.72. The van der Waals surface area contributed by atoms with Gasteiger partial charge in [-0.1, -0.05) is 0 Å². The smallest absolute Gasteiger partial charge is 0.313 e. The second-order valence-corrected chi connectivity index (χ2v) is 8.95. The normalized spacial score (nSPS) is 32.3. The molecule has 4 aliphatic heterocycles. The van der Waals surface area contributed by atoms with Crippen molar-refractivity contribution in [1.82, 2.24) is 20.5 Å². The first-order chi connectivity index (χ1) is 12.8. The zero-order valence-corrected chi connectivity index (χ0v) is 16.2. The lowest BCUT2D eigenvalue weighted by atomic mass is 9.89. The van der Waals surface area contributed by atoms with Crippen LogP contribution in [0.2, 0.25) is 0 Å². The van der Waals surface area contributed by atoms with Crippen LogP contribution in [0.5, 0.6) is 0 Å². The van der Waals surface area contributed by atoms with Crippen LogP contribution in [0.15, 0.2) is 28.1 Å². The lowest BCUT2D eigenvalue weighted by Gasteiger charge is -2.52. The van der Waals surface area contributed by atoms with Gasteiger partial charge in [-0.05, 0) is 6.08 Å². The van der Waals surface area contributed by atoms with Gasteiger partial charge in [-0.15, -0.1) is 29.1 Å². The van der Waals surface area contributed by atoms with Crippen molar-refractivity contribution in [2.24, 2.45) is 16.1 Å². The Morgan fingerprint density at radius 1 is 1.59 bits per heavy atom. The number of carboxylic acids is 1. The molecule has 12 heteroatoms. The Labute approximate surface area is 164 Å². The van der Waals surface area contributed by atoms with E-state index in [1.807, 2.05) is 7.05 Å². The molecule has 0 aromatic carbocycles. The van der Waals surface area contributed by atoms with Gasteiger partial charge < -0.3 is 20.8 Å². The van der Waals surface area contributed by atoms with Gasteiger partial charge >= 0.3 is 5.97 Å². The minimum atomic E-state index is -1.06. The predicted octanol–water partition coefficient (Wildman–Crippen LogP) is -1.21. The van der Waals surface area contributed by atoms with Gasteiger partial charge in [-0.3, -0.25) is 14.6 Å². The van der Waals surface area contributed by atoms with E-state index in [0.29, 0.717) is 17.3 Å². The summed E-state index contributed by atoms with van der Waals surface area (Å²) in [6.07, 6.45) is 3.50. The quantitative estimate of drug-likeness (QED) is 0.407. The Morgan fingerprint density at radius 2 is 2.37 bits per heavy atom. The number of thioether (sulfide) groups is 2. The van der Waals surface area contributed by atoms with Crippen molar-refractivity contribution < 1.29 is 19.8 Å². The molecule has 27 heavy (non-hydrogen) atoms. The molecule has 0 aliphatic carbocycles. The molecule has 2 fully saturated rings. The minimum Gasteiger partial charge on any atom is -0.481 e. The number of hydrogen-bond acceptors (Lipinski definition) is 10. The Balaban J connectivity index is 1.51. The van der Waals surface area contributed by atoms with Crippen molar-refractivity contribution in [3.05, 3.63) is 23.1 Å². The fourth-order valence-corrected chi connectivity index (χ4v) is 6.14. The third kappa shape index (κ3) is 3.01. The van der Waals surface area contributed by atoms with E-state index in [-0.39, 0.29) is 30.2 Å². The lowest BCUT2D eigenvalue weighted by molar-refractivity contribution is -0.155. The third-order valence-corrected chi connectivity index (χ3v) is 7.76. The Hall–Kier alpha value is -1.73. The Morgan fingerprint density at radius 3 is 3.07 bits per heavy atom. The second kappa shape index (κ2) is 6.71. The number of nitrogens with two attached hydrogens (primary N) is 1. The fraction of sp³-hybridized carbons (Fsp3) is 0.533. The average molecular weight is 412 g/mol. The highest BCUT2D eigenvalue weighted by molar-refractivity contribution is 8.03. The first-order valence-corrected chi connectivity index (χ1v) is 10.3. The summed E-state index contributed by atoms with van der Waals surface area (Å²) in [6.45, 7) is -0.0511. The van der Waals surface area contributed by atoms with Crippen LogP contribution < -0.4 is 11.3 Å². The number of nitrogens with one attached hydrogen (secondary N) is 1. The number of hydrogen-bond donors (Lipinski definition) is 4. The summed E-state index contributed by atoms with van der Waals surface area (Å²) in [7, 11) is 1.82. The molecule has 5 N–H and O–H groups in total. The van der Waals surface area contributed by atoms with Gasteiger partial charge in [-0.2, -0.15) is 0 Å². The number of fused-ring (bicyclic) bond motifs is 2. The van der Waals surface area contributed by atoms with E-state index in [0.717, 1.165) is 5.03 Å². The summed E-state index contributed by atoms with van der Waals surface area (Å²) in [5.41, 5.74) is 8.32. The van der Waals surface area contributed by atoms with Crippen molar-refractivity contribution in [2.45, 2.75) is 11.4 Å². The van der Waals surface area contributed by atoms with E-state index < -0.39 is 17.4 Å². The predicted molar refractivity (Wildman–Crippen MR) is 102 cm³/mol. The maximum Gasteiger partial charge on any atom is 0.313 e. The highest BCUT2D eigenvalue weighted by Crippen LogP contribution is 2.44. The van der Waals surface area contributed by atoms with Crippen molar-refractivity contribution in [1.29, 1.82) is 0 Å². The fourth-order valence-electron chi connectivity index (χ4n) is 3.30. The number of aliphatic carboxylic acids is 1. The number of aliphatic imine (C=N–C) groups is 1. The van der Waals surface area contributed by atoms with Crippen LogP contribution in [0, 0.1) is 5.41 Å². The standard InChI is InChI=1S/C15H20N6O4S2/c1-19-3-9-17-8(4-22)2-10(21(9)18-19)26-6-15(14(24)25)5-20-12(23)11(16)13(20)27-7-15/h2-3,11,13,18,22H,4-7,16H2,1H3,(H,24,25)/t11?,13-,15?/m1/s1. The van der Waals surface area contributed by atoms with Gasteiger partial charge in [0.15, 0.2) is 5.82 Å². The number of hydrazine groups is 2. The number of amides is 1. The molecule has 0 bridgehead atoms. The monoisotopic (exact) mass is 412 g/mol. The topological polar surface area (TPSA) is 135 Å². The van der Waals surface area contributed by atoms with Crippen LogP contribution >= 0.6 is 23.5 Å². The molecule has 0 aromatic heterocycles. The number of β-lactam (4-membered cyclic amide) rings is 1. The third-order valence-electron chi connectivity index (χ3n) is 4.86. The molecule has 0 saturated carbocycles. The maximum atomic E-state index is 12.1. The van der Waals surface area contributed by atoms with Crippen LogP contribution in [0.1, 0.15) is 0 Å². The molecule has 10 nitrogen and oxygen atoms in total. The van der Waals surface area contributed by atoms with Crippen molar-refractivity contribution in [3.8, 4) is 0 Å². The van der Waals surface area contributed by atoms with Gasteiger partial charge in [0.25, 0.3) is 0 Å². The van der Waals surface area contributed by atoms with Gasteiger partial charge in [0, 0.05) is 25.1 Å².